The molecule has 9 heteroatoms. The second-order valence-corrected chi connectivity index (χ2v) is 8.88. The molecule has 0 bridgehead atoms. The smallest absolute Gasteiger partial charge is 0.248 e. The molecule has 3 aromatic heterocycles. The fourth-order valence-corrected chi connectivity index (χ4v) is 4.08. The van der Waals surface area contributed by atoms with Crippen molar-refractivity contribution in [3.05, 3.63) is 106 Å². The van der Waals surface area contributed by atoms with Crippen molar-refractivity contribution >= 4 is 56.7 Å². The highest BCUT2D eigenvalue weighted by molar-refractivity contribution is 9.10. The minimum absolute atomic E-state index is 0.234. The standard InChI is InChI=1S/C26H19BrClN5O2/c27-21-16-30-33-24(14-23(32-26(21)33)20-5-1-2-6-22(20)28)29-15-17-7-9-18(10-8-17)31-25(34)12-11-19-4-3-13-35-19/h1-14,16,29H,15H2,(H,31,34). The minimum Gasteiger partial charge on any atom is -0.465 e. The normalized spacial score (nSPS) is 11.3. The number of anilines is 2. The highest BCUT2D eigenvalue weighted by Crippen LogP contribution is 2.30. The van der Waals surface area contributed by atoms with Crippen LogP contribution >= 0.6 is 27.5 Å². The first-order valence-electron chi connectivity index (χ1n) is 10.7. The van der Waals surface area contributed by atoms with Gasteiger partial charge in [-0.1, -0.05) is 41.9 Å². The van der Waals surface area contributed by atoms with E-state index in [-0.39, 0.29) is 5.91 Å². The molecule has 35 heavy (non-hydrogen) atoms. The van der Waals surface area contributed by atoms with Crippen molar-refractivity contribution in [3.8, 4) is 11.3 Å². The van der Waals surface area contributed by atoms with Crippen LogP contribution in [0.5, 0.6) is 0 Å². The molecule has 0 saturated carbocycles. The van der Waals surface area contributed by atoms with E-state index >= 15 is 0 Å². The van der Waals surface area contributed by atoms with Crippen molar-refractivity contribution < 1.29 is 9.21 Å². The molecule has 3 heterocycles. The summed E-state index contributed by atoms with van der Waals surface area (Å²) in [5.74, 6) is 1.16. The summed E-state index contributed by atoms with van der Waals surface area (Å²) >= 11 is 9.93. The van der Waals surface area contributed by atoms with E-state index in [1.807, 2.05) is 54.6 Å². The van der Waals surface area contributed by atoms with Gasteiger partial charge in [0.2, 0.25) is 5.91 Å². The zero-order chi connectivity index (χ0) is 24.2. The Bertz CT molecular complexity index is 1510. The topological polar surface area (TPSA) is 84.5 Å². The molecule has 0 aliphatic carbocycles. The van der Waals surface area contributed by atoms with Gasteiger partial charge in [-0.25, -0.2) is 4.98 Å². The zero-order valence-corrected chi connectivity index (χ0v) is 20.6. The van der Waals surface area contributed by atoms with Crippen LogP contribution in [0.1, 0.15) is 11.3 Å². The van der Waals surface area contributed by atoms with Crippen LogP contribution in [0.4, 0.5) is 11.5 Å². The molecular weight excluding hydrogens is 530 g/mol. The third-order valence-electron chi connectivity index (χ3n) is 5.22. The van der Waals surface area contributed by atoms with E-state index in [9.17, 15) is 4.79 Å². The molecule has 0 aliphatic rings. The predicted molar refractivity (Wildman–Crippen MR) is 141 cm³/mol. The number of nitrogens with one attached hydrogen (secondary N) is 2. The number of hydrogen-bond acceptors (Lipinski definition) is 5. The molecule has 0 unspecified atom stereocenters. The number of nitrogens with zero attached hydrogens (tertiary/aromatic N) is 3. The van der Waals surface area contributed by atoms with Crippen molar-refractivity contribution in [3.63, 3.8) is 0 Å². The van der Waals surface area contributed by atoms with Gasteiger partial charge in [-0.05, 0) is 57.9 Å². The lowest BCUT2D eigenvalue weighted by molar-refractivity contribution is -0.111. The number of hydrogen-bond donors (Lipinski definition) is 2. The Morgan fingerprint density at radius 2 is 1.94 bits per heavy atom. The van der Waals surface area contributed by atoms with Gasteiger partial charge in [0, 0.05) is 35.0 Å². The van der Waals surface area contributed by atoms with Crippen LogP contribution in [0.15, 0.2) is 94.2 Å². The van der Waals surface area contributed by atoms with Gasteiger partial charge >= 0.3 is 0 Å². The molecule has 5 aromatic rings. The number of rotatable bonds is 7. The molecular formula is C26H19BrClN5O2. The first-order chi connectivity index (χ1) is 17.1. The number of aromatic nitrogens is 3. The number of carbonyl (C=O) groups excluding carboxylic acids is 1. The Morgan fingerprint density at radius 1 is 1.11 bits per heavy atom. The third kappa shape index (κ3) is 5.29. The SMILES string of the molecule is O=C(C=Cc1ccco1)Nc1ccc(CNc2cc(-c3ccccc3Cl)nc3c(Br)cnn23)cc1. The second-order valence-electron chi connectivity index (χ2n) is 7.62. The Kier molecular flexibility index (Phi) is 6.65. The molecule has 2 aromatic carbocycles. The molecule has 0 spiro atoms. The fourth-order valence-electron chi connectivity index (χ4n) is 3.50. The van der Waals surface area contributed by atoms with E-state index in [0.29, 0.717) is 28.7 Å². The minimum atomic E-state index is -0.234. The van der Waals surface area contributed by atoms with E-state index in [1.54, 1.807) is 35.2 Å². The van der Waals surface area contributed by atoms with E-state index < -0.39 is 0 Å². The lowest BCUT2D eigenvalue weighted by Crippen LogP contribution is -2.08. The van der Waals surface area contributed by atoms with Gasteiger partial charge in [0.25, 0.3) is 0 Å². The lowest BCUT2D eigenvalue weighted by atomic mass is 10.1. The zero-order valence-electron chi connectivity index (χ0n) is 18.3. The second kappa shape index (κ2) is 10.2. The first-order valence-corrected chi connectivity index (χ1v) is 11.9. The average molecular weight is 549 g/mol. The molecule has 0 aliphatic heterocycles. The summed E-state index contributed by atoms with van der Waals surface area (Å²) in [6.07, 6.45) is 6.32. The number of furan rings is 1. The Hall–Kier alpha value is -3.88. The van der Waals surface area contributed by atoms with E-state index in [0.717, 1.165) is 27.1 Å². The highest BCUT2D eigenvalue weighted by Gasteiger charge is 2.13. The van der Waals surface area contributed by atoms with Crippen molar-refractivity contribution in [2.45, 2.75) is 6.54 Å². The summed E-state index contributed by atoms with van der Waals surface area (Å²) < 4.78 is 7.71. The average Bonchev–Trinajstić information content (AvgIpc) is 3.52. The van der Waals surface area contributed by atoms with Gasteiger partial charge in [0.15, 0.2) is 5.65 Å². The monoisotopic (exact) mass is 547 g/mol. The summed E-state index contributed by atoms with van der Waals surface area (Å²) in [6, 6.07) is 20.7. The maximum absolute atomic E-state index is 12.1. The van der Waals surface area contributed by atoms with Crippen molar-refractivity contribution in [1.82, 2.24) is 14.6 Å². The van der Waals surface area contributed by atoms with Crippen molar-refractivity contribution in [2.75, 3.05) is 10.6 Å². The van der Waals surface area contributed by atoms with Crippen LogP contribution in [0.3, 0.4) is 0 Å². The molecule has 7 nitrogen and oxygen atoms in total. The summed E-state index contributed by atoms with van der Waals surface area (Å²) in [7, 11) is 0. The van der Waals surface area contributed by atoms with Gasteiger partial charge in [0.1, 0.15) is 11.6 Å². The van der Waals surface area contributed by atoms with E-state index in [1.165, 1.54) is 6.08 Å². The van der Waals surface area contributed by atoms with E-state index in [2.05, 4.69) is 31.7 Å². The Morgan fingerprint density at radius 3 is 2.71 bits per heavy atom. The molecule has 0 saturated heterocycles. The molecule has 1 amide bonds. The maximum Gasteiger partial charge on any atom is 0.248 e. The van der Waals surface area contributed by atoms with Crippen LogP contribution in [0, 0.1) is 0 Å². The number of carbonyl (C=O) groups is 1. The molecule has 0 radical (unpaired) electrons. The molecule has 5 rings (SSSR count). The summed E-state index contributed by atoms with van der Waals surface area (Å²) in [4.78, 5) is 16.9. The summed E-state index contributed by atoms with van der Waals surface area (Å²) in [5, 5.41) is 11.3. The third-order valence-corrected chi connectivity index (χ3v) is 6.10. The van der Waals surface area contributed by atoms with Crippen LogP contribution in [0.25, 0.3) is 23.0 Å². The number of halogens is 2. The summed E-state index contributed by atoms with van der Waals surface area (Å²) in [5.41, 5.74) is 4.00. The maximum atomic E-state index is 12.1. The molecule has 0 fully saturated rings. The lowest BCUT2D eigenvalue weighted by Gasteiger charge is -2.12. The van der Waals surface area contributed by atoms with E-state index in [4.69, 9.17) is 21.0 Å². The Labute approximate surface area is 214 Å². The number of amides is 1. The largest absolute Gasteiger partial charge is 0.465 e. The predicted octanol–water partition coefficient (Wildman–Crippen LogP) is 6.67. The van der Waals surface area contributed by atoms with Crippen LogP contribution in [-0.4, -0.2) is 20.5 Å². The molecule has 174 valence electrons. The molecule has 0 atom stereocenters. The van der Waals surface area contributed by atoms with Crippen molar-refractivity contribution in [1.29, 1.82) is 0 Å². The fraction of sp³-hybridized carbons (Fsp3) is 0.0385. The quantitative estimate of drug-likeness (QED) is 0.222. The van der Waals surface area contributed by atoms with Gasteiger partial charge in [-0.3, -0.25) is 4.79 Å². The number of fused-ring (bicyclic) bond motifs is 1. The highest BCUT2D eigenvalue weighted by atomic mass is 79.9. The molecule has 2 N–H and O–H groups in total. The van der Waals surface area contributed by atoms with Crippen molar-refractivity contribution in [2.24, 2.45) is 0 Å². The van der Waals surface area contributed by atoms with Gasteiger partial charge in [-0.15, -0.1) is 0 Å². The Balaban J connectivity index is 1.30. The van der Waals surface area contributed by atoms with Gasteiger partial charge < -0.3 is 15.1 Å². The number of benzene rings is 2. The summed E-state index contributed by atoms with van der Waals surface area (Å²) in [6.45, 7) is 0.547. The van der Waals surface area contributed by atoms with Crippen LogP contribution in [-0.2, 0) is 11.3 Å². The van der Waals surface area contributed by atoms with Crippen LogP contribution in [0.2, 0.25) is 5.02 Å². The van der Waals surface area contributed by atoms with Gasteiger partial charge in [-0.2, -0.15) is 9.61 Å². The van der Waals surface area contributed by atoms with Crippen LogP contribution < -0.4 is 10.6 Å². The first kappa shape index (κ1) is 22.9. The van der Waals surface area contributed by atoms with Gasteiger partial charge in [0.05, 0.1) is 22.6 Å².